The van der Waals surface area contributed by atoms with Crippen LogP contribution in [0.1, 0.15) is 42.6 Å². The van der Waals surface area contributed by atoms with E-state index in [1.54, 1.807) is 0 Å². The van der Waals surface area contributed by atoms with Gasteiger partial charge in [-0.25, -0.2) is 8.78 Å². The molecule has 2 aromatic rings. The van der Waals surface area contributed by atoms with Gasteiger partial charge in [-0.1, -0.05) is 38.1 Å². The van der Waals surface area contributed by atoms with Gasteiger partial charge in [0.2, 0.25) is 0 Å². The average molecular weight is 276 g/mol. The molecular weight excluding hydrogens is 258 g/mol. The number of hydrogen-bond acceptors (Lipinski definition) is 1. The van der Waals surface area contributed by atoms with E-state index in [-0.39, 0.29) is 5.56 Å². The molecule has 106 valence electrons. The SMILES string of the molecule is CC(C)c1ccc(CC(O)c2cc(F)cc(F)c2)cc1. The Labute approximate surface area is 117 Å². The molecule has 0 bridgehead atoms. The highest BCUT2D eigenvalue weighted by Crippen LogP contribution is 2.22. The third-order valence-electron chi connectivity index (χ3n) is 3.35. The maximum absolute atomic E-state index is 13.1. The summed E-state index contributed by atoms with van der Waals surface area (Å²) in [4.78, 5) is 0. The van der Waals surface area contributed by atoms with E-state index in [4.69, 9.17) is 0 Å². The molecule has 2 rings (SSSR count). The minimum atomic E-state index is -0.912. The summed E-state index contributed by atoms with van der Waals surface area (Å²) >= 11 is 0. The Bertz CT molecular complexity index is 556. The molecule has 1 nitrogen and oxygen atoms in total. The first kappa shape index (κ1) is 14.7. The molecule has 0 amide bonds. The molecule has 0 saturated carbocycles. The van der Waals surface area contributed by atoms with E-state index in [1.807, 2.05) is 24.3 Å². The smallest absolute Gasteiger partial charge is 0.126 e. The maximum atomic E-state index is 13.1. The minimum Gasteiger partial charge on any atom is -0.388 e. The Morgan fingerprint density at radius 3 is 1.95 bits per heavy atom. The zero-order valence-electron chi connectivity index (χ0n) is 11.6. The molecule has 0 heterocycles. The molecule has 0 fully saturated rings. The van der Waals surface area contributed by atoms with E-state index in [1.165, 1.54) is 5.56 Å². The Balaban J connectivity index is 2.12. The van der Waals surface area contributed by atoms with Gasteiger partial charge in [-0.3, -0.25) is 0 Å². The summed E-state index contributed by atoms with van der Waals surface area (Å²) in [6.07, 6.45) is -0.577. The summed E-state index contributed by atoms with van der Waals surface area (Å²) in [7, 11) is 0. The standard InChI is InChI=1S/C17H18F2O/c1-11(2)13-5-3-12(4-6-13)7-17(20)14-8-15(18)10-16(19)9-14/h3-6,8-11,17,20H,7H2,1-2H3. The Kier molecular flexibility index (Phi) is 4.50. The highest BCUT2D eigenvalue weighted by atomic mass is 19.1. The number of hydrogen-bond donors (Lipinski definition) is 1. The van der Waals surface area contributed by atoms with E-state index in [2.05, 4.69) is 13.8 Å². The van der Waals surface area contributed by atoms with Crippen molar-refractivity contribution in [1.29, 1.82) is 0 Å². The molecule has 1 atom stereocenters. The lowest BCUT2D eigenvalue weighted by Crippen LogP contribution is -2.03. The van der Waals surface area contributed by atoms with Gasteiger partial charge in [0.05, 0.1) is 6.10 Å². The second-order valence-electron chi connectivity index (χ2n) is 5.32. The number of aliphatic hydroxyl groups is 1. The van der Waals surface area contributed by atoms with E-state index in [0.29, 0.717) is 12.3 Å². The second-order valence-corrected chi connectivity index (χ2v) is 5.32. The van der Waals surface area contributed by atoms with Crippen molar-refractivity contribution < 1.29 is 13.9 Å². The quantitative estimate of drug-likeness (QED) is 0.879. The van der Waals surface area contributed by atoms with Crippen LogP contribution in [0.3, 0.4) is 0 Å². The third kappa shape index (κ3) is 3.64. The summed E-state index contributed by atoms with van der Waals surface area (Å²) in [6.45, 7) is 4.22. The molecule has 0 aliphatic rings. The maximum Gasteiger partial charge on any atom is 0.126 e. The highest BCUT2D eigenvalue weighted by Gasteiger charge is 2.11. The topological polar surface area (TPSA) is 20.2 Å². The van der Waals surface area contributed by atoms with Gasteiger partial charge in [0.15, 0.2) is 0 Å². The summed E-state index contributed by atoms with van der Waals surface area (Å²) < 4.78 is 26.2. The molecular formula is C17H18F2O. The highest BCUT2D eigenvalue weighted by molar-refractivity contribution is 5.27. The number of benzene rings is 2. The van der Waals surface area contributed by atoms with Gasteiger partial charge in [0.25, 0.3) is 0 Å². The molecule has 2 aromatic carbocycles. The van der Waals surface area contributed by atoms with E-state index >= 15 is 0 Å². The van der Waals surface area contributed by atoms with Crippen molar-refractivity contribution >= 4 is 0 Å². The van der Waals surface area contributed by atoms with Gasteiger partial charge < -0.3 is 5.11 Å². The van der Waals surface area contributed by atoms with Crippen LogP contribution in [0.25, 0.3) is 0 Å². The van der Waals surface area contributed by atoms with Crippen LogP contribution in [0, 0.1) is 11.6 Å². The van der Waals surface area contributed by atoms with Gasteiger partial charge in [-0.2, -0.15) is 0 Å². The Hall–Kier alpha value is -1.74. The minimum absolute atomic E-state index is 0.260. The first-order chi connectivity index (χ1) is 9.45. The van der Waals surface area contributed by atoms with Crippen LogP contribution in [0.4, 0.5) is 8.78 Å². The second kappa shape index (κ2) is 6.14. The van der Waals surface area contributed by atoms with E-state index < -0.39 is 17.7 Å². The molecule has 0 aliphatic heterocycles. The molecule has 3 heteroatoms. The first-order valence-corrected chi connectivity index (χ1v) is 6.68. The fourth-order valence-electron chi connectivity index (χ4n) is 2.15. The summed E-state index contributed by atoms with van der Waals surface area (Å²) in [5, 5.41) is 10.1. The van der Waals surface area contributed by atoms with Crippen molar-refractivity contribution in [2.45, 2.75) is 32.3 Å². The van der Waals surface area contributed by atoms with Gasteiger partial charge in [-0.05, 0) is 34.7 Å². The molecule has 1 N–H and O–H groups in total. The van der Waals surface area contributed by atoms with Crippen molar-refractivity contribution in [3.8, 4) is 0 Å². The number of aliphatic hydroxyl groups excluding tert-OH is 1. The predicted molar refractivity (Wildman–Crippen MR) is 75.6 cm³/mol. The molecule has 0 aliphatic carbocycles. The molecule has 0 radical (unpaired) electrons. The van der Waals surface area contributed by atoms with E-state index in [0.717, 1.165) is 23.8 Å². The van der Waals surface area contributed by atoms with Crippen molar-refractivity contribution in [3.63, 3.8) is 0 Å². The van der Waals surface area contributed by atoms with Gasteiger partial charge in [-0.15, -0.1) is 0 Å². The zero-order chi connectivity index (χ0) is 14.7. The fraction of sp³-hybridized carbons (Fsp3) is 0.294. The van der Waals surface area contributed by atoms with Crippen LogP contribution in [-0.4, -0.2) is 5.11 Å². The van der Waals surface area contributed by atoms with E-state index in [9.17, 15) is 13.9 Å². The van der Waals surface area contributed by atoms with Crippen molar-refractivity contribution in [2.24, 2.45) is 0 Å². The fourth-order valence-corrected chi connectivity index (χ4v) is 2.15. The van der Waals surface area contributed by atoms with Crippen molar-refractivity contribution in [2.75, 3.05) is 0 Å². The van der Waals surface area contributed by atoms with Gasteiger partial charge >= 0.3 is 0 Å². The largest absolute Gasteiger partial charge is 0.388 e. The molecule has 0 aromatic heterocycles. The van der Waals surface area contributed by atoms with Crippen LogP contribution in [0.15, 0.2) is 42.5 Å². The van der Waals surface area contributed by atoms with Crippen molar-refractivity contribution in [3.05, 3.63) is 70.8 Å². The van der Waals surface area contributed by atoms with Crippen LogP contribution < -0.4 is 0 Å². The number of rotatable bonds is 4. The zero-order valence-corrected chi connectivity index (χ0v) is 11.6. The molecule has 1 unspecified atom stereocenters. The summed E-state index contributed by atoms with van der Waals surface area (Å²) in [5.41, 5.74) is 2.42. The predicted octanol–water partition coefficient (Wildman–Crippen LogP) is 4.36. The Morgan fingerprint density at radius 2 is 1.45 bits per heavy atom. The summed E-state index contributed by atoms with van der Waals surface area (Å²) in [6, 6.07) is 11.0. The van der Waals surface area contributed by atoms with Gasteiger partial charge in [0, 0.05) is 12.5 Å². The molecule has 20 heavy (non-hydrogen) atoms. The lowest BCUT2D eigenvalue weighted by molar-refractivity contribution is 0.177. The summed E-state index contributed by atoms with van der Waals surface area (Å²) in [5.74, 6) is -0.894. The van der Waals surface area contributed by atoms with Crippen molar-refractivity contribution in [1.82, 2.24) is 0 Å². The average Bonchev–Trinajstić information content (AvgIpc) is 2.38. The first-order valence-electron chi connectivity index (χ1n) is 6.68. The lowest BCUT2D eigenvalue weighted by atomic mass is 9.97. The normalized spacial score (nSPS) is 12.7. The molecule has 0 spiro atoms. The lowest BCUT2D eigenvalue weighted by Gasteiger charge is -2.12. The van der Waals surface area contributed by atoms with Crippen LogP contribution in [0.2, 0.25) is 0 Å². The number of halogens is 2. The molecule has 0 saturated heterocycles. The Morgan fingerprint density at radius 1 is 0.900 bits per heavy atom. The van der Waals surface area contributed by atoms with Crippen LogP contribution in [0.5, 0.6) is 0 Å². The van der Waals surface area contributed by atoms with Gasteiger partial charge in [0.1, 0.15) is 11.6 Å². The van der Waals surface area contributed by atoms with Crippen LogP contribution in [-0.2, 0) is 6.42 Å². The third-order valence-corrected chi connectivity index (χ3v) is 3.35. The van der Waals surface area contributed by atoms with Crippen LogP contribution >= 0.6 is 0 Å². The monoisotopic (exact) mass is 276 g/mol.